The first-order chi connectivity index (χ1) is 10.4. The Morgan fingerprint density at radius 2 is 2.14 bits per heavy atom. The van der Waals surface area contributed by atoms with Crippen LogP contribution in [0.2, 0.25) is 0 Å². The number of β-lactam (4-membered cyclic amide) rings is 1. The first kappa shape index (κ1) is 15.6. The third kappa shape index (κ3) is 2.18. The Morgan fingerprint density at radius 3 is 2.82 bits per heavy atom. The van der Waals surface area contributed by atoms with Gasteiger partial charge in [0.2, 0.25) is 5.91 Å². The van der Waals surface area contributed by atoms with Crippen LogP contribution < -0.4 is 0 Å². The molecule has 3 atom stereocenters. The molecule has 2 saturated heterocycles. The predicted molar refractivity (Wildman–Crippen MR) is 89.0 cm³/mol. The number of thioether (sulfide) groups is 1. The van der Waals surface area contributed by atoms with Crippen molar-refractivity contribution in [1.82, 2.24) is 4.90 Å². The zero-order valence-electron chi connectivity index (χ0n) is 12.1. The van der Waals surface area contributed by atoms with Crippen LogP contribution in [0.1, 0.15) is 29.8 Å². The lowest BCUT2D eigenvalue weighted by Gasteiger charge is -2.41. The molecule has 1 aromatic rings. The molecule has 116 valence electrons. The molecule has 1 amide bonds. The number of carbonyl (C=O) groups excluding carboxylic acids is 2. The Hall–Kier alpha value is -1.34. The molecule has 3 rings (SSSR count). The van der Waals surface area contributed by atoms with Gasteiger partial charge in [0.25, 0.3) is 0 Å². The Labute approximate surface area is 140 Å². The van der Waals surface area contributed by atoms with Crippen LogP contribution in [0.25, 0.3) is 0 Å². The molecule has 2 aliphatic rings. The molecule has 2 heterocycles. The molecule has 7 heteroatoms. The van der Waals surface area contributed by atoms with E-state index in [4.69, 9.17) is 5.21 Å². The largest absolute Gasteiger partial charge is 0.411 e. The smallest absolute Gasteiger partial charge is 0.241 e. The lowest BCUT2D eigenvalue weighted by molar-refractivity contribution is -0.141. The number of oxime groups is 1. The normalized spacial score (nSPS) is 29.5. The van der Waals surface area contributed by atoms with Crippen LogP contribution in [0.4, 0.5) is 0 Å². The van der Waals surface area contributed by atoms with Crippen molar-refractivity contribution in [1.29, 1.82) is 0 Å². The molecule has 2 fully saturated rings. The second-order valence-electron chi connectivity index (χ2n) is 5.86. The average molecular weight is 383 g/mol. The van der Waals surface area contributed by atoms with Crippen molar-refractivity contribution in [2.24, 2.45) is 5.16 Å². The maximum atomic E-state index is 13.0. The van der Waals surface area contributed by atoms with E-state index in [9.17, 15) is 9.59 Å². The van der Waals surface area contributed by atoms with Crippen molar-refractivity contribution in [2.75, 3.05) is 0 Å². The maximum absolute atomic E-state index is 13.0. The molecule has 0 unspecified atom stereocenters. The van der Waals surface area contributed by atoms with Gasteiger partial charge in [-0.05, 0) is 13.8 Å². The summed E-state index contributed by atoms with van der Waals surface area (Å²) in [5.41, 5.74) is 1.01. The first-order valence-electron chi connectivity index (χ1n) is 6.83. The van der Waals surface area contributed by atoms with Gasteiger partial charge in [-0.1, -0.05) is 45.4 Å². The molecule has 0 spiro atoms. The van der Waals surface area contributed by atoms with Crippen LogP contribution >= 0.6 is 27.7 Å². The molecule has 5 nitrogen and oxygen atoms in total. The van der Waals surface area contributed by atoms with Gasteiger partial charge in [0.05, 0.1) is 6.21 Å². The van der Waals surface area contributed by atoms with Gasteiger partial charge in [-0.3, -0.25) is 9.59 Å². The fraction of sp³-hybridized carbons (Fsp3) is 0.400. The number of ketones is 1. The zero-order chi connectivity index (χ0) is 16.1. The summed E-state index contributed by atoms with van der Waals surface area (Å²) in [5, 5.41) is 11.8. The van der Waals surface area contributed by atoms with E-state index in [0.717, 1.165) is 0 Å². The molecular formula is C15H15BrN2O3S. The number of nitrogens with zero attached hydrogens (tertiary/aromatic N) is 2. The standard InChI is InChI=1S/C15H15BrN2O3S/c1-15(2)12(18-13(20)10(16)14(18)22-15)11(19)9-6-4-3-5-8(9)7-17-21/h3-7,10,12,14,21H,1-2H3/t10-,12+,14-/m1/s1. The van der Waals surface area contributed by atoms with E-state index in [2.05, 4.69) is 21.1 Å². The number of amides is 1. The molecular weight excluding hydrogens is 368 g/mol. The van der Waals surface area contributed by atoms with E-state index in [1.165, 1.54) is 6.21 Å². The van der Waals surface area contributed by atoms with Gasteiger partial charge in [0.15, 0.2) is 5.78 Å². The maximum Gasteiger partial charge on any atom is 0.241 e. The molecule has 0 bridgehead atoms. The van der Waals surface area contributed by atoms with E-state index in [0.29, 0.717) is 11.1 Å². The summed E-state index contributed by atoms with van der Waals surface area (Å²) in [6.07, 6.45) is 1.24. The van der Waals surface area contributed by atoms with Crippen LogP contribution in [-0.4, -0.2) is 49.0 Å². The fourth-order valence-corrected chi connectivity index (χ4v) is 5.40. The highest BCUT2D eigenvalue weighted by Gasteiger charge is 2.62. The van der Waals surface area contributed by atoms with E-state index < -0.39 is 6.04 Å². The van der Waals surface area contributed by atoms with Gasteiger partial charge in [-0.25, -0.2) is 0 Å². The average Bonchev–Trinajstić information content (AvgIpc) is 2.76. The van der Waals surface area contributed by atoms with Crippen LogP contribution in [0.3, 0.4) is 0 Å². The lowest BCUT2D eigenvalue weighted by Crippen LogP contribution is -2.63. The van der Waals surface area contributed by atoms with Crippen molar-refractivity contribution in [3.63, 3.8) is 0 Å². The number of hydrogen-bond donors (Lipinski definition) is 1. The molecule has 0 aromatic heterocycles. The number of rotatable bonds is 3. The number of halogens is 1. The summed E-state index contributed by atoms with van der Waals surface area (Å²) in [6.45, 7) is 3.96. The summed E-state index contributed by atoms with van der Waals surface area (Å²) in [4.78, 5) is 26.6. The Bertz CT molecular complexity index is 677. The number of carbonyl (C=O) groups is 2. The molecule has 0 radical (unpaired) electrons. The number of benzene rings is 1. The monoisotopic (exact) mass is 382 g/mol. The third-order valence-electron chi connectivity index (χ3n) is 4.05. The van der Waals surface area contributed by atoms with Crippen molar-refractivity contribution in [2.45, 2.75) is 34.8 Å². The van der Waals surface area contributed by atoms with E-state index in [1.54, 1.807) is 40.9 Å². The minimum absolute atomic E-state index is 0.00452. The van der Waals surface area contributed by atoms with Gasteiger partial charge in [0, 0.05) is 15.9 Å². The highest BCUT2D eigenvalue weighted by molar-refractivity contribution is 9.10. The highest BCUT2D eigenvalue weighted by Crippen LogP contribution is 2.53. The Balaban J connectivity index is 2.00. The van der Waals surface area contributed by atoms with Crippen molar-refractivity contribution in [3.05, 3.63) is 35.4 Å². The molecule has 1 N–H and O–H groups in total. The van der Waals surface area contributed by atoms with Crippen LogP contribution in [0.15, 0.2) is 29.4 Å². The zero-order valence-corrected chi connectivity index (χ0v) is 14.5. The number of hydrogen-bond acceptors (Lipinski definition) is 5. The summed E-state index contributed by atoms with van der Waals surface area (Å²) in [5.74, 6) is -0.169. The predicted octanol–water partition coefficient (Wildman–Crippen LogP) is 2.50. The third-order valence-corrected chi connectivity index (χ3v) is 6.86. The number of Topliss-reactive ketones (excluding diaryl/α,β-unsaturated/α-hetero) is 1. The molecule has 1 aromatic carbocycles. The van der Waals surface area contributed by atoms with Crippen LogP contribution in [-0.2, 0) is 4.79 Å². The second kappa shape index (κ2) is 5.38. The van der Waals surface area contributed by atoms with E-state index in [-0.39, 0.29) is 26.6 Å². The first-order valence-corrected chi connectivity index (χ1v) is 8.63. The van der Waals surface area contributed by atoms with Gasteiger partial charge >= 0.3 is 0 Å². The lowest BCUT2D eigenvalue weighted by atomic mass is 9.89. The summed E-state index contributed by atoms with van der Waals surface area (Å²) < 4.78 is -0.372. The molecule has 0 aliphatic carbocycles. The van der Waals surface area contributed by atoms with Crippen molar-refractivity contribution >= 4 is 45.6 Å². The van der Waals surface area contributed by atoms with Gasteiger partial charge < -0.3 is 10.1 Å². The summed E-state index contributed by atoms with van der Waals surface area (Å²) in [7, 11) is 0. The highest BCUT2D eigenvalue weighted by atomic mass is 79.9. The van der Waals surface area contributed by atoms with Crippen molar-refractivity contribution in [3.8, 4) is 0 Å². The quantitative estimate of drug-likeness (QED) is 0.218. The summed E-state index contributed by atoms with van der Waals surface area (Å²) in [6, 6.07) is 6.43. The minimum atomic E-state index is -0.517. The Kier molecular flexibility index (Phi) is 3.81. The van der Waals surface area contributed by atoms with Crippen molar-refractivity contribution < 1.29 is 14.8 Å². The van der Waals surface area contributed by atoms with E-state index >= 15 is 0 Å². The summed E-state index contributed by atoms with van der Waals surface area (Å²) >= 11 is 5.01. The SMILES string of the molecule is CC1(C)S[C@@H]2[C@H](Br)C(=O)N2[C@H]1C(=O)c1ccccc1C=NO. The molecule has 2 aliphatic heterocycles. The molecule has 22 heavy (non-hydrogen) atoms. The number of alkyl halides is 1. The van der Waals surface area contributed by atoms with Gasteiger partial charge in [-0.2, -0.15) is 0 Å². The van der Waals surface area contributed by atoms with E-state index in [1.807, 2.05) is 13.8 Å². The minimum Gasteiger partial charge on any atom is -0.411 e. The van der Waals surface area contributed by atoms with Crippen LogP contribution in [0.5, 0.6) is 0 Å². The second-order valence-corrected chi connectivity index (χ2v) is 8.62. The fourth-order valence-electron chi connectivity index (χ4n) is 3.04. The Morgan fingerprint density at radius 1 is 1.45 bits per heavy atom. The van der Waals surface area contributed by atoms with Crippen LogP contribution in [0, 0.1) is 0 Å². The topological polar surface area (TPSA) is 70.0 Å². The molecule has 0 saturated carbocycles. The van der Waals surface area contributed by atoms with Gasteiger partial charge in [-0.15, -0.1) is 11.8 Å². The van der Waals surface area contributed by atoms with Gasteiger partial charge in [0.1, 0.15) is 16.2 Å². The number of fused-ring (bicyclic) bond motifs is 1.